The lowest BCUT2D eigenvalue weighted by Crippen LogP contribution is -2.49. The molecule has 0 radical (unpaired) electrons. The molecule has 0 unspecified atom stereocenters. The van der Waals surface area contributed by atoms with Crippen LogP contribution in [0.15, 0.2) is 95.6 Å². The number of fused-ring (bicyclic) bond motifs is 6. The Labute approximate surface area is 268 Å². The monoisotopic (exact) mass is 664 g/mol. The molecule has 0 aromatic heterocycles. The molecule has 0 saturated carbocycles. The average Bonchev–Trinajstić information content (AvgIpc) is 3.55. The largest absolute Gasteiger partial charge is 0.496 e. The third-order valence-electron chi connectivity index (χ3n) is 9.23. The predicted octanol–water partition coefficient (Wildman–Crippen LogP) is 6.46. The van der Waals surface area contributed by atoms with Gasteiger partial charge < -0.3 is 24.4 Å². The number of benzene rings is 4. The van der Waals surface area contributed by atoms with Gasteiger partial charge in [-0.2, -0.15) is 0 Å². The van der Waals surface area contributed by atoms with Gasteiger partial charge in [0.15, 0.2) is 23.1 Å². The smallest absolute Gasteiger partial charge is 0.238 e. The van der Waals surface area contributed by atoms with Crippen LogP contribution in [-0.2, 0) is 10.2 Å². The molecule has 3 aliphatic rings. The summed E-state index contributed by atoms with van der Waals surface area (Å²) in [6.45, 7) is 0. The first-order valence-electron chi connectivity index (χ1n) is 14.4. The summed E-state index contributed by atoms with van der Waals surface area (Å²) in [7, 11) is 4.57. The maximum atomic E-state index is 15.1. The summed E-state index contributed by atoms with van der Waals surface area (Å²) in [6, 6.07) is 23.6. The number of nitrogens with one attached hydrogen (secondary N) is 1. The number of carbonyl (C=O) groups excluding carboxylic acids is 3. The van der Waals surface area contributed by atoms with E-state index >= 15 is 4.79 Å². The van der Waals surface area contributed by atoms with Crippen LogP contribution < -0.4 is 19.5 Å². The van der Waals surface area contributed by atoms with Gasteiger partial charge in [0.2, 0.25) is 5.91 Å². The SMILES string of the molecule is COc1ccc(C(=O)[C@@H]2[C@H](C(=O)c3ccc(OC)c(OC)c3)[C@]3(C(=O)Nc4ccccc43)[C@@H]3c4ccccc4C=CN23)cc1Br. The Hall–Kier alpha value is -4.89. The quantitative estimate of drug-likeness (QED) is 0.227. The summed E-state index contributed by atoms with van der Waals surface area (Å²) in [5.41, 5.74) is 2.34. The first-order chi connectivity index (χ1) is 21.8. The van der Waals surface area contributed by atoms with Crippen molar-refractivity contribution in [2.75, 3.05) is 26.6 Å². The number of amides is 1. The van der Waals surface area contributed by atoms with Crippen LogP contribution in [0.2, 0.25) is 0 Å². The fourth-order valence-corrected chi connectivity index (χ4v) is 7.87. The minimum absolute atomic E-state index is 0.291. The molecule has 3 heterocycles. The highest BCUT2D eigenvalue weighted by Crippen LogP contribution is 2.62. The summed E-state index contributed by atoms with van der Waals surface area (Å²) in [5.74, 6) is -0.682. The lowest BCUT2D eigenvalue weighted by atomic mass is 9.62. The molecule has 4 aromatic carbocycles. The van der Waals surface area contributed by atoms with E-state index in [9.17, 15) is 9.59 Å². The molecule has 1 fully saturated rings. The van der Waals surface area contributed by atoms with Crippen LogP contribution in [0.3, 0.4) is 0 Å². The third-order valence-corrected chi connectivity index (χ3v) is 9.85. The van der Waals surface area contributed by atoms with Gasteiger partial charge in [0.05, 0.1) is 37.8 Å². The van der Waals surface area contributed by atoms with E-state index in [-0.39, 0.29) is 17.5 Å². The van der Waals surface area contributed by atoms with Gasteiger partial charge in [0.25, 0.3) is 0 Å². The minimum atomic E-state index is -1.44. The van der Waals surface area contributed by atoms with Crippen molar-refractivity contribution in [2.24, 2.45) is 5.92 Å². The van der Waals surface area contributed by atoms with Crippen molar-refractivity contribution in [3.05, 3.63) is 123 Å². The number of ketones is 2. The zero-order valence-corrected chi connectivity index (χ0v) is 26.3. The lowest BCUT2D eigenvalue weighted by molar-refractivity contribution is -0.122. The number of hydrogen-bond acceptors (Lipinski definition) is 7. The summed E-state index contributed by atoms with van der Waals surface area (Å²) in [4.78, 5) is 46.5. The minimum Gasteiger partial charge on any atom is -0.496 e. The molecule has 1 saturated heterocycles. The van der Waals surface area contributed by atoms with E-state index in [1.807, 2.05) is 65.7 Å². The van der Waals surface area contributed by atoms with Crippen molar-refractivity contribution in [3.8, 4) is 17.2 Å². The molecular formula is C36H29BrN2O6. The molecule has 1 N–H and O–H groups in total. The molecule has 1 spiro atoms. The number of para-hydroxylation sites is 1. The third kappa shape index (κ3) is 4.14. The molecule has 7 rings (SSSR count). The van der Waals surface area contributed by atoms with Crippen LogP contribution in [0.1, 0.15) is 43.4 Å². The molecule has 3 aliphatic heterocycles. The maximum Gasteiger partial charge on any atom is 0.238 e. The van der Waals surface area contributed by atoms with Crippen molar-refractivity contribution >= 4 is 45.2 Å². The molecular weight excluding hydrogens is 636 g/mol. The number of hydrogen-bond donors (Lipinski definition) is 1. The number of methoxy groups -OCH3 is 3. The van der Waals surface area contributed by atoms with Crippen LogP contribution in [-0.4, -0.2) is 49.7 Å². The molecule has 4 aromatic rings. The van der Waals surface area contributed by atoms with Gasteiger partial charge in [0, 0.05) is 23.0 Å². The standard InChI is InChI=1S/C36H29BrN2O6/c1-43-27-14-12-21(18-25(27)37)33(41)31-30(32(40)22-13-15-28(44-2)29(19-22)45-3)36(24-10-6-7-11-26(24)38-35(36)42)34-23-9-5-4-8-20(23)16-17-39(31)34/h4-19,30-31,34H,1-3H3,(H,38,42)/t30-,31+,34+,36+/m1/s1. The number of Topliss-reactive ketones (excluding diaryl/α,β-unsaturated/α-hetero) is 2. The number of ether oxygens (including phenoxy) is 3. The molecule has 0 aliphatic carbocycles. The Morgan fingerprint density at radius 2 is 1.47 bits per heavy atom. The van der Waals surface area contributed by atoms with Crippen molar-refractivity contribution in [1.82, 2.24) is 4.90 Å². The van der Waals surface area contributed by atoms with Crippen LogP contribution in [0.4, 0.5) is 5.69 Å². The zero-order chi connectivity index (χ0) is 31.5. The summed E-state index contributed by atoms with van der Waals surface area (Å²) in [5, 5.41) is 3.07. The fraction of sp³-hybridized carbons (Fsp3) is 0.194. The maximum absolute atomic E-state index is 15.1. The second-order valence-electron chi connectivity index (χ2n) is 11.2. The van der Waals surface area contributed by atoms with Gasteiger partial charge in [-0.25, -0.2) is 0 Å². The highest BCUT2D eigenvalue weighted by molar-refractivity contribution is 9.10. The Kier molecular flexibility index (Phi) is 7.00. The number of rotatable bonds is 7. The zero-order valence-electron chi connectivity index (χ0n) is 24.7. The van der Waals surface area contributed by atoms with Crippen LogP contribution in [0.5, 0.6) is 17.2 Å². The second-order valence-corrected chi connectivity index (χ2v) is 12.1. The predicted molar refractivity (Wildman–Crippen MR) is 173 cm³/mol. The van der Waals surface area contributed by atoms with Crippen LogP contribution >= 0.6 is 15.9 Å². The van der Waals surface area contributed by atoms with Crippen molar-refractivity contribution in [3.63, 3.8) is 0 Å². The van der Waals surface area contributed by atoms with Gasteiger partial charge >= 0.3 is 0 Å². The second kappa shape index (κ2) is 10.9. The number of halogens is 1. The average molecular weight is 666 g/mol. The molecule has 0 bridgehead atoms. The van der Waals surface area contributed by atoms with Gasteiger partial charge in [-0.3, -0.25) is 14.4 Å². The first-order valence-corrected chi connectivity index (χ1v) is 15.2. The van der Waals surface area contributed by atoms with Gasteiger partial charge in [-0.05, 0) is 81.2 Å². The van der Waals surface area contributed by atoms with Crippen LogP contribution in [0.25, 0.3) is 6.08 Å². The van der Waals surface area contributed by atoms with E-state index in [1.54, 1.807) is 43.5 Å². The molecule has 226 valence electrons. The van der Waals surface area contributed by atoms with Gasteiger partial charge in [-0.1, -0.05) is 42.5 Å². The summed E-state index contributed by atoms with van der Waals surface area (Å²) >= 11 is 3.51. The topological polar surface area (TPSA) is 94.2 Å². The lowest BCUT2D eigenvalue weighted by Gasteiger charge is -2.38. The van der Waals surface area contributed by atoms with Gasteiger partial charge in [-0.15, -0.1) is 0 Å². The van der Waals surface area contributed by atoms with Crippen molar-refractivity contribution < 1.29 is 28.6 Å². The number of nitrogens with zero attached hydrogens (tertiary/aromatic N) is 1. The Bertz CT molecular complexity index is 1920. The number of carbonyl (C=O) groups is 3. The Morgan fingerprint density at radius 1 is 0.800 bits per heavy atom. The Morgan fingerprint density at radius 3 is 2.20 bits per heavy atom. The highest BCUT2D eigenvalue weighted by Gasteiger charge is 2.70. The molecule has 8 nitrogen and oxygen atoms in total. The molecule has 4 atom stereocenters. The van der Waals surface area contributed by atoms with E-state index in [0.717, 1.165) is 11.1 Å². The van der Waals surface area contributed by atoms with Crippen molar-refractivity contribution in [2.45, 2.75) is 17.5 Å². The highest BCUT2D eigenvalue weighted by atomic mass is 79.9. The summed E-state index contributed by atoms with van der Waals surface area (Å²) < 4.78 is 17.0. The van der Waals surface area contributed by atoms with Gasteiger partial charge in [0.1, 0.15) is 17.2 Å². The first kappa shape index (κ1) is 28.9. The molecule has 9 heteroatoms. The Balaban J connectivity index is 1.51. The van der Waals surface area contributed by atoms with E-state index < -0.39 is 23.4 Å². The fourth-order valence-electron chi connectivity index (χ4n) is 7.33. The van der Waals surface area contributed by atoms with E-state index in [1.165, 1.54) is 14.2 Å². The molecule has 1 amide bonds. The van der Waals surface area contributed by atoms with Crippen LogP contribution in [0, 0.1) is 5.92 Å². The van der Waals surface area contributed by atoms with E-state index in [0.29, 0.717) is 44.1 Å². The normalized spacial score (nSPS) is 22.4. The van der Waals surface area contributed by atoms with E-state index in [4.69, 9.17) is 14.2 Å². The summed E-state index contributed by atoms with van der Waals surface area (Å²) in [6.07, 6.45) is 3.79. The number of anilines is 1. The van der Waals surface area contributed by atoms with E-state index in [2.05, 4.69) is 21.2 Å². The molecule has 45 heavy (non-hydrogen) atoms. The van der Waals surface area contributed by atoms with Crippen molar-refractivity contribution in [1.29, 1.82) is 0 Å².